The van der Waals surface area contributed by atoms with E-state index in [1.165, 1.54) is 168 Å². The summed E-state index contributed by atoms with van der Waals surface area (Å²) in [6.07, 6.45) is 17.0. The number of benzene rings is 9. The van der Waals surface area contributed by atoms with Gasteiger partial charge in [-0.1, -0.05) is 0 Å². The first-order valence-electron chi connectivity index (χ1n) is 40.2. The number of H-pyrrole nitrogens is 3. The lowest BCUT2D eigenvalue weighted by atomic mass is 10.1. The van der Waals surface area contributed by atoms with E-state index in [9.17, 15) is 41.9 Å². The number of nitrogens with zero attached hydrogens (tertiary/aromatic N) is 12. The molecular formula is C94H74F6N18O11S. The van der Waals surface area contributed by atoms with Gasteiger partial charge in [-0.25, -0.2) is 35.5 Å². The van der Waals surface area contributed by atoms with E-state index in [1.54, 1.807) is 93.2 Å². The average Bonchev–Trinajstić information content (AvgIpc) is 1.68. The largest absolute Gasteiger partial charge is 0.482 e. The van der Waals surface area contributed by atoms with Gasteiger partial charge in [-0.2, -0.15) is 30.6 Å². The molecule has 0 bridgehead atoms. The number of aromatic amines is 3. The third-order valence-corrected chi connectivity index (χ3v) is 21.4. The number of fused-ring (bicyclic) bond motifs is 3. The molecular weight excluding hydrogens is 1700 g/mol. The van der Waals surface area contributed by atoms with Crippen LogP contribution in [0.15, 0.2) is 275 Å². The fraction of sp³-hybridized carbons (Fsp3) is 0.106. The molecule has 0 saturated carbocycles. The summed E-state index contributed by atoms with van der Waals surface area (Å²) in [5, 5.41) is 44.3. The van der Waals surface area contributed by atoms with Gasteiger partial charge in [0.25, 0.3) is 34.4 Å². The lowest BCUT2D eigenvalue weighted by Crippen LogP contribution is -2.29. The van der Waals surface area contributed by atoms with Gasteiger partial charge in [-0.3, -0.25) is 62.7 Å². The monoisotopic (exact) mass is 1780 g/mol. The fourth-order valence-electron chi connectivity index (χ4n) is 14.3. The normalized spacial score (nSPS) is 11.1. The predicted molar refractivity (Wildman–Crippen MR) is 478 cm³/mol. The van der Waals surface area contributed by atoms with Crippen molar-refractivity contribution >= 4 is 79.3 Å². The van der Waals surface area contributed by atoms with E-state index < -0.39 is 69.3 Å². The Morgan fingerprint density at radius 1 is 0.377 bits per heavy atom. The van der Waals surface area contributed by atoms with Gasteiger partial charge in [0.2, 0.25) is 11.8 Å². The molecule has 36 heteroatoms. The van der Waals surface area contributed by atoms with Crippen LogP contribution in [0.3, 0.4) is 0 Å². The fourth-order valence-corrected chi connectivity index (χ4v) is 14.9. The van der Waals surface area contributed by atoms with E-state index in [1.807, 2.05) is 53.0 Å². The molecule has 0 unspecified atom stereocenters. The van der Waals surface area contributed by atoms with Gasteiger partial charge in [-0.05, 0) is 216 Å². The molecule has 0 aliphatic heterocycles. The number of hydrogen-bond acceptors (Lipinski definition) is 18. The summed E-state index contributed by atoms with van der Waals surface area (Å²) >= 11 is 1.30. The number of pyridine rings is 3. The molecule has 18 rings (SSSR count). The van der Waals surface area contributed by atoms with E-state index in [0.717, 1.165) is 72.2 Å². The Morgan fingerprint density at radius 2 is 0.700 bits per heavy atom. The summed E-state index contributed by atoms with van der Waals surface area (Å²) in [7, 11) is 1.37. The molecule has 29 nitrogen and oxygen atoms in total. The third-order valence-electron chi connectivity index (χ3n) is 20.6. The second kappa shape index (κ2) is 38.0. The number of amides is 3. The van der Waals surface area contributed by atoms with Crippen molar-refractivity contribution in [1.82, 2.24) is 73.6 Å². The molecule has 0 radical (unpaired) electrons. The number of aryl methyl sites for hydroxylation is 3. The van der Waals surface area contributed by atoms with Crippen LogP contribution in [0, 0.1) is 34.9 Å². The first kappa shape index (κ1) is 86.7. The van der Waals surface area contributed by atoms with Crippen molar-refractivity contribution in [1.29, 1.82) is 0 Å². The number of carbonyl (C=O) groups excluding carboxylic acids is 3. The molecule has 654 valence electrons. The van der Waals surface area contributed by atoms with Crippen LogP contribution in [0.5, 0.6) is 46.3 Å². The number of hydrogen-bond donors (Lipinski definition) is 6. The van der Waals surface area contributed by atoms with Crippen molar-refractivity contribution < 1.29 is 64.4 Å². The maximum Gasteiger partial charge on any atom is 0.270 e. The molecule has 0 fully saturated rings. The second-order valence-corrected chi connectivity index (χ2v) is 29.4. The Bertz CT molecular complexity index is 7180. The molecule has 0 atom stereocenters. The smallest absolute Gasteiger partial charge is 0.270 e. The lowest BCUT2D eigenvalue weighted by molar-refractivity contribution is 0.101. The Hall–Kier alpha value is -16.8. The Balaban J connectivity index is 0.000000143. The number of aromatic nitrogens is 15. The molecule has 6 N–H and O–H groups in total. The summed E-state index contributed by atoms with van der Waals surface area (Å²) in [6.45, 7) is 10.0. The average molecular weight is 1780 g/mol. The zero-order valence-electron chi connectivity index (χ0n) is 69.6. The van der Waals surface area contributed by atoms with Crippen molar-refractivity contribution in [3.63, 3.8) is 0 Å². The highest BCUT2D eigenvalue weighted by Crippen LogP contribution is 2.42. The van der Waals surface area contributed by atoms with Gasteiger partial charge in [0.05, 0.1) is 83.8 Å². The number of rotatable bonds is 25. The van der Waals surface area contributed by atoms with Gasteiger partial charge in [-0.15, -0.1) is 11.8 Å². The van der Waals surface area contributed by atoms with Crippen LogP contribution in [-0.4, -0.2) is 111 Å². The van der Waals surface area contributed by atoms with Gasteiger partial charge >= 0.3 is 0 Å². The van der Waals surface area contributed by atoms with Crippen molar-refractivity contribution in [3.8, 4) is 96.7 Å². The van der Waals surface area contributed by atoms with Crippen molar-refractivity contribution in [3.05, 3.63) is 339 Å². The summed E-state index contributed by atoms with van der Waals surface area (Å²) in [6, 6.07) is 47.3. The van der Waals surface area contributed by atoms with E-state index in [2.05, 4.69) is 61.8 Å². The van der Waals surface area contributed by atoms with Crippen LogP contribution in [0.2, 0.25) is 0 Å². The highest BCUT2D eigenvalue weighted by molar-refractivity contribution is 7.98. The zero-order chi connectivity index (χ0) is 91.0. The molecule has 18 aromatic rings. The molecule has 0 saturated heterocycles. The molecule has 3 amide bonds. The summed E-state index contributed by atoms with van der Waals surface area (Å²) < 4.78 is 125. The number of thioether (sulfide) groups is 1. The van der Waals surface area contributed by atoms with Gasteiger partial charge in [0.1, 0.15) is 51.4 Å². The molecule has 9 heterocycles. The third kappa shape index (κ3) is 18.2. The first-order valence-corrected chi connectivity index (χ1v) is 41.4. The van der Waals surface area contributed by atoms with Crippen molar-refractivity contribution in [2.45, 2.75) is 52.4 Å². The molecule has 0 aliphatic carbocycles. The second-order valence-electron chi connectivity index (χ2n) is 28.6. The predicted octanol–water partition coefficient (Wildman–Crippen LogP) is 18.9. The Kier molecular flexibility index (Phi) is 25.3. The minimum atomic E-state index is -0.766. The summed E-state index contributed by atoms with van der Waals surface area (Å²) in [5.74, 6) is -4.55. The van der Waals surface area contributed by atoms with Gasteiger partial charge in [0.15, 0.2) is 34.7 Å². The number of anilines is 3. The van der Waals surface area contributed by atoms with Crippen LogP contribution in [0.25, 0.3) is 83.2 Å². The van der Waals surface area contributed by atoms with Gasteiger partial charge < -0.3 is 39.6 Å². The van der Waals surface area contributed by atoms with Crippen LogP contribution in [0.4, 0.5) is 43.4 Å². The quantitative estimate of drug-likeness (QED) is 0.0229. The molecule has 9 aromatic heterocycles. The number of nitrogens with one attached hydrogen (secondary N) is 6. The van der Waals surface area contributed by atoms with E-state index in [-0.39, 0.29) is 69.4 Å². The number of ether oxygens (including phenoxy) is 5. The van der Waals surface area contributed by atoms with Crippen LogP contribution in [0.1, 0.15) is 58.8 Å². The lowest BCUT2D eigenvalue weighted by Gasteiger charge is -2.15. The van der Waals surface area contributed by atoms with Crippen LogP contribution in [-0.2, 0) is 19.6 Å². The minimum absolute atomic E-state index is 0.0621. The minimum Gasteiger partial charge on any atom is -0.482 e. The number of methoxy groups -OCH3 is 1. The molecule has 0 aliphatic rings. The SMILES string of the molecule is CCOc1ccc(C(=O)Nc2ccc(Oc3cc4cnn(CC)c4cc3-c3cn[nH]c3)c(F)c2)c(=O)n1-c1ccc(F)cc1.CCn1ncc2cc(Oc3ccc(NC(=O)c4ccc(OC)n(-c5ccc(F)cc5)c4=O)cc3F)c(-c3cn[nH]c3)cc21.CCn1ncc2cc(Oc3ccc(NC(=O)c4ccc(SC)n(-c5ccc(F)cc5)c4=O)cc3F)c(-c3cn[nH]c3)cc21. The van der Waals surface area contributed by atoms with Crippen molar-refractivity contribution in [2.75, 3.05) is 35.9 Å². The highest BCUT2D eigenvalue weighted by Gasteiger charge is 2.26. The Labute approximate surface area is 737 Å². The van der Waals surface area contributed by atoms with Crippen molar-refractivity contribution in [2.24, 2.45) is 0 Å². The van der Waals surface area contributed by atoms with Crippen LogP contribution >= 0.6 is 11.8 Å². The summed E-state index contributed by atoms with van der Waals surface area (Å²) in [4.78, 5) is 79.3. The summed E-state index contributed by atoms with van der Waals surface area (Å²) in [5.41, 5.74) is 5.79. The maximum atomic E-state index is 15.3. The number of carbonyl (C=O) groups is 3. The first-order chi connectivity index (χ1) is 63.1. The van der Waals surface area contributed by atoms with E-state index in [0.29, 0.717) is 75.7 Å². The standard InChI is InChI=1S/C32H26F2N6O4.C31H24F2N6O4.C31H24F2N6O3S/c1-3-39-27-15-25(20-16-35-36-17-20)29(13-19(27)18-37-39)44-28-11-7-22(14-26(28)34)38-31(41)24-10-12-30(43-4-2)40(32(24)42)23-8-5-21(33)6-9-23;1-3-38-26-14-24(19-15-34-35-16-19)28(12-18(26)17-36-38)43-27-10-6-21(13-25(27)33)37-30(40)23-9-11-29(42-2)39(31(23)41)22-7-4-20(32)5-8-22;1-3-38-26-14-24(19-15-34-35-16-19)28(12-18(26)17-36-38)42-27-10-6-21(13-25(27)33)37-30(40)23-9-11-29(43-2)39(31(23)41)22-7-4-20(32)5-8-22/h5-18H,3-4H2,1-2H3,(H,35,36)(H,38,41);2*4-17H,3H2,1-2H3,(H,34,35)(H,37,40). The highest BCUT2D eigenvalue weighted by atomic mass is 32.2. The maximum absolute atomic E-state index is 15.3. The molecule has 9 aromatic carbocycles. The molecule has 0 spiro atoms. The van der Waals surface area contributed by atoms with E-state index in [4.69, 9.17) is 23.7 Å². The zero-order valence-corrected chi connectivity index (χ0v) is 70.4. The van der Waals surface area contributed by atoms with Crippen LogP contribution < -0.4 is 56.3 Å². The van der Waals surface area contributed by atoms with Gasteiger partial charge in [0, 0.05) is 129 Å². The molecule has 130 heavy (non-hydrogen) atoms. The Morgan fingerprint density at radius 3 is 1.01 bits per heavy atom. The van der Waals surface area contributed by atoms with E-state index >= 15 is 13.2 Å². The topological polar surface area (TPSA) is 339 Å². The number of halogens is 6.